The molecular weight excluding hydrogens is 302 g/mol. The zero-order valence-corrected chi connectivity index (χ0v) is 16.0. The van der Waals surface area contributed by atoms with Gasteiger partial charge in [0.05, 0.1) is 12.7 Å². The normalized spacial score (nSPS) is 13.0. The van der Waals surface area contributed by atoms with Gasteiger partial charge in [0.2, 0.25) is 0 Å². The Kier molecular flexibility index (Phi) is 10.2. The van der Waals surface area contributed by atoms with Crippen molar-refractivity contribution in [3.63, 3.8) is 0 Å². The third-order valence-corrected chi connectivity index (χ3v) is 3.95. The Morgan fingerprint density at radius 3 is 2.58 bits per heavy atom. The van der Waals surface area contributed by atoms with E-state index in [4.69, 9.17) is 9.47 Å². The molecule has 1 rings (SSSR count). The predicted octanol–water partition coefficient (Wildman–Crippen LogP) is 3.18. The van der Waals surface area contributed by atoms with Crippen LogP contribution in [0.3, 0.4) is 0 Å². The molecule has 0 fully saturated rings. The van der Waals surface area contributed by atoms with E-state index in [0.717, 1.165) is 26.1 Å². The van der Waals surface area contributed by atoms with Crippen molar-refractivity contribution in [2.24, 2.45) is 5.92 Å². The Bertz CT molecular complexity index is 462. The average Bonchev–Trinajstić information content (AvgIpc) is 2.50. The summed E-state index contributed by atoms with van der Waals surface area (Å²) in [7, 11) is 1.73. The minimum atomic E-state index is -0.462. The van der Waals surface area contributed by atoms with Crippen LogP contribution in [0.1, 0.15) is 37.0 Å². The van der Waals surface area contributed by atoms with Crippen LogP contribution in [0.2, 0.25) is 0 Å². The Morgan fingerprint density at radius 2 is 1.92 bits per heavy atom. The molecule has 1 aromatic carbocycles. The van der Waals surface area contributed by atoms with Crippen molar-refractivity contribution in [2.45, 2.75) is 46.8 Å². The molecule has 0 aliphatic carbocycles. The molecule has 0 saturated heterocycles. The summed E-state index contributed by atoms with van der Waals surface area (Å²) in [4.78, 5) is 2.30. The molecule has 4 heteroatoms. The Morgan fingerprint density at radius 1 is 1.17 bits per heavy atom. The fraction of sp³-hybridized carbons (Fsp3) is 0.700. The first-order valence-corrected chi connectivity index (χ1v) is 8.95. The number of hydrogen-bond donors (Lipinski definition) is 1. The molecule has 0 spiro atoms. The molecular formula is C20H35NO3. The van der Waals surface area contributed by atoms with E-state index in [2.05, 4.69) is 50.8 Å². The van der Waals surface area contributed by atoms with E-state index < -0.39 is 6.10 Å². The molecule has 0 amide bonds. The minimum Gasteiger partial charge on any atom is -0.389 e. The lowest BCUT2D eigenvalue weighted by Crippen LogP contribution is -2.36. The zero-order chi connectivity index (χ0) is 17.9. The molecule has 0 heterocycles. The van der Waals surface area contributed by atoms with Crippen LogP contribution in [-0.2, 0) is 16.0 Å². The van der Waals surface area contributed by atoms with E-state index in [1.807, 2.05) is 0 Å². The van der Waals surface area contributed by atoms with Gasteiger partial charge in [0.15, 0.2) is 0 Å². The Labute approximate surface area is 147 Å². The quantitative estimate of drug-likeness (QED) is 0.595. The topological polar surface area (TPSA) is 41.9 Å². The maximum atomic E-state index is 10.3. The molecule has 1 atom stereocenters. The number of aliphatic hydroxyl groups is 1. The first-order chi connectivity index (χ1) is 11.4. The molecule has 138 valence electrons. The highest BCUT2D eigenvalue weighted by Gasteiger charge is 2.14. The van der Waals surface area contributed by atoms with Crippen molar-refractivity contribution in [3.05, 3.63) is 34.9 Å². The summed E-state index contributed by atoms with van der Waals surface area (Å²) in [5.74, 6) is 0.491. The lowest BCUT2D eigenvalue weighted by Gasteiger charge is -2.26. The second-order valence-electron chi connectivity index (χ2n) is 7.10. The second kappa shape index (κ2) is 11.6. The van der Waals surface area contributed by atoms with Crippen molar-refractivity contribution in [1.29, 1.82) is 0 Å². The molecule has 1 N–H and O–H groups in total. The number of benzene rings is 1. The molecule has 0 unspecified atom stereocenters. The smallest absolute Gasteiger partial charge is 0.0900 e. The van der Waals surface area contributed by atoms with E-state index in [9.17, 15) is 5.11 Å². The molecule has 0 bridgehead atoms. The first kappa shape index (κ1) is 21.1. The zero-order valence-electron chi connectivity index (χ0n) is 16.0. The summed E-state index contributed by atoms with van der Waals surface area (Å²) in [6, 6.07) is 6.54. The molecule has 0 aromatic heterocycles. The van der Waals surface area contributed by atoms with Gasteiger partial charge in [0, 0.05) is 40.0 Å². The van der Waals surface area contributed by atoms with Crippen LogP contribution in [0.15, 0.2) is 18.2 Å². The minimum absolute atomic E-state index is 0.395. The number of ether oxygens (including phenoxy) is 2. The standard InChI is InChI=1S/C20H35NO3/c1-16(2)14-24-15-20(22)13-21(9-6-10-23-5)12-19-11-17(3)7-8-18(19)4/h7-8,11,16,20,22H,6,9-10,12-15H2,1-5H3/t20-/m1/s1. The van der Waals surface area contributed by atoms with Crippen molar-refractivity contribution < 1.29 is 14.6 Å². The molecule has 4 nitrogen and oxygen atoms in total. The second-order valence-corrected chi connectivity index (χ2v) is 7.10. The Balaban J connectivity index is 2.60. The third-order valence-electron chi connectivity index (χ3n) is 3.95. The average molecular weight is 338 g/mol. The first-order valence-electron chi connectivity index (χ1n) is 8.95. The summed E-state index contributed by atoms with van der Waals surface area (Å²) in [6.45, 7) is 12.7. The highest BCUT2D eigenvalue weighted by Crippen LogP contribution is 2.14. The summed E-state index contributed by atoms with van der Waals surface area (Å²) in [6.07, 6.45) is 0.498. The van der Waals surface area contributed by atoms with Crippen LogP contribution in [0.25, 0.3) is 0 Å². The van der Waals surface area contributed by atoms with Gasteiger partial charge in [-0.3, -0.25) is 4.90 Å². The summed E-state index contributed by atoms with van der Waals surface area (Å²) in [5.41, 5.74) is 3.89. The fourth-order valence-electron chi connectivity index (χ4n) is 2.67. The number of hydrogen-bond acceptors (Lipinski definition) is 4. The van der Waals surface area contributed by atoms with Gasteiger partial charge in [-0.05, 0) is 37.3 Å². The fourth-order valence-corrected chi connectivity index (χ4v) is 2.67. The van der Waals surface area contributed by atoms with Crippen LogP contribution < -0.4 is 0 Å². The van der Waals surface area contributed by atoms with Gasteiger partial charge in [0.25, 0.3) is 0 Å². The summed E-state index contributed by atoms with van der Waals surface area (Å²) >= 11 is 0. The number of aryl methyl sites for hydroxylation is 2. The van der Waals surface area contributed by atoms with E-state index >= 15 is 0 Å². The van der Waals surface area contributed by atoms with Crippen molar-refractivity contribution in [3.8, 4) is 0 Å². The number of methoxy groups -OCH3 is 1. The monoisotopic (exact) mass is 337 g/mol. The van der Waals surface area contributed by atoms with Gasteiger partial charge in [-0.2, -0.15) is 0 Å². The van der Waals surface area contributed by atoms with Gasteiger partial charge < -0.3 is 14.6 Å². The lowest BCUT2D eigenvalue weighted by atomic mass is 10.0. The number of nitrogens with zero attached hydrogens (tertiary/aromatic N) is 1. The van der Waals surface area contributed by atoms with Crippen molar-refractivity contribution in [2.75, 3.05) is 40.0 Å². The van der Waals surface area contributed by atoms with E-state index in [0.29, 0.717) is 25.7 Å². The highest BCUT2D eigenvalue weighted by atomic mass is 16.5. The van der Waals surface area contributed by atoms with Crippen LogP contribution in [0.4, 0.5) is 0 Å². The van der Waals surface area contributed by atoms with Gasteiger partial charge in [0.1, 0.15) is 0 Å². The summed E-state index contributed by atoms with van der Waals surface area (Å²) in [5, 5.41) is 10.3. The van der Waals surface area contributed by atoms with Crippen molar-refractivity contribution >= 4 is 0 Å². The molecule has 0 radical (unpaired) electrons. The third kappa shape index (κ3) is 8.78. The predicted molar refractivity (Wildman–Crippen MR) is 99.3 cm³/mol. The molecule has 0 aliphatic rings. The van der Waals surface area contributed by atoms with E-state index in [1.165, 1.54) is 16.7 Å². The van der Waals surface area contributed by atoms with Crippen LogP contribution in [0.5, 0.6) is 0 Å². The lowest BCUT2D eigenvalue weighted by molar-refractivity contribution is 0.00578. The van der Waals surface area contributed by atoms with Gasteiger partial charge >= 0.3 is 0 Å². The Hall–Kier alpha value is -0.940. The van der Waals surface area contributed by atoms with Crippen molar-refractivity contribution in [1.82, 2.24) is 4.90 Å². The van der Waals surface area contributed by atoms with E-state index in [-0.39, 0.29) is 0 Å². The largest absolute Gasteiger partial charge is 0.389 e. The summed E-state index contributed by atoms with van der Waals surface area (Å²) < 4.78 is 10.7. The van der Waals surface area contributed by atoms with Gasteiger partial charge in [-0.25, -0.2) is 0 Å². The van der Waals surface area contributed by atoms with Crippen LogP contribution >= 0.6 is 0 Å². The van der Waals surface area contributed by atoms with Crippen LogP contribution in [-0.4, -0.2) is 56.1 Å². The van der Waals surface area contributed by atoms with Gasteiger partial charge in [-0.15, -0.1) is 0 Å². The van der Waals surface area contributed by atoms with E-state index in [1.54, 1.807) is 7.11 Å². The number of aliphatic hydroxyl groups excluding tert-OH is 1. The van der Waals surface area contributed by atoms with Crippen LogP contribution in [0, 0.1) is 19.8 Å². The van der Waals surface area contributed by atoms with Gasteiger partial charge in [-0.1, -0.05) is 37.6 Å². The molecule has 1 aromatic rings. The molecule has 0 saturated carbocycles. The maximum Gasteiger partial charge on any atom is 0.0900 e. The SMILES string of the molecule is COCCCN(Cc1cc(C)ccc1C)C[C@@H](O)COCC(C)C. The highest BCUT2D eigenvalue weighted by molar-refractivity contribution is 5.30. The molecule has 24 heavy (non-hydrogen) atoms. The number of rotatable bonds is 12. The molecule has 0 aliphatic heterocycles. The maximum absolute atomic E-state index is 10.3.